The van der Waals surface area contributed by atoms with Crippen LogP contribution in [0.2, 0.25) is 8.87 Å². The molecule has 25 heavy (non-hydrogen) atoms. The van der Waals surface area contributed by atoms with Crippen molar-refractivity contribution in [3.63, 3.8) is 0 Å². The summed E-state index contributed by atoms with van der Waals surface area (Å²) in [7, 11) is 0. The molecule has 0 amide bonds. The van der Waals surface area contributed by atoms with E-state index in [0.29, 0.717) is 12.4 Å². The molecular weight excluding hydrogens is 415 g/mol. The van der Waals surface area contributed by atoms with E-state index in [1.165, 1.54) is 85.9 Å². The summed E-state index contributed by atoms with van der Waals surface area (Å²) in [6.07, 6.45) is 19.2. The van der Waals surface area contributed by atoms with Gasteiger partial charge >= 0.3 is 166 Å². The third-order valence-corrected chi connectivity index (χ3v) is 11.6. The average molecular weight is 460 g/mol. The Bertz CT molecular complexity index is 265. The van der Waals surface area contributed by atoms with Crippen LogP contribution in [0.1, 0.15) is 117 Å². The van der Waals surface area contributed by atoms with Gasteiger partial charge < -0.3 is 0 Å². The Hall–Kier alpha value is 0.429. The van der Waals surface area contributed by atoms with Crippen LogP contribution in [0.15, 0.2) is 0 Å². The van der Waals surface area contributed by atoms with Crippen molar-refractivity contribution in [2.75, 3.05) is 6.61 Å². The SMILES string of the molecule is CCCCCCC[CH2][Sn]([CH2]CCCCCCC)[O]CC(=O)CCCC. The third kappa shape index (κ3) is 19.0. The van der Waals surface area contributed by atoms with E-state index in [2.05, 4.69) is 20.8 Å². The summed E-state index contributed by atoms with van der Waals surface area (Å²) in [4.78, 5) is 11.9. The van der Waals surface area contributed by atoms with E-state index in [-0.39, 0.29) is 0 Å². The summed E-state index contributed by atoms with van der Waals surface area (Å²) in [6, 6.07) is 0. The van der Waals surface area contributed by atoms with E-state index >= 15 is 0 Å². The minimum absolute atomic E-state index is 0.339. The van der Waals surface area contributed by atoms with Gasteiger partial charge in [0.2, 0.25) is 0 Å². The Balaban J connectivity index is 3.93. The molecule has 0 aliphatic rings. The van der Waals surface area contributed by atoms with Gasteiger partial charge in [-0.3, -0.25) is 0 Å². The summed E-state index contributed by atoms with van der Waals surface area (Å²) in [5, 5.41) is 0. The molecule has 1 radical (unpaired) electrons. The van der Waals surface area contributed by atoms with Crippen molar-refractivity contribution in [3.8, 4) is 0 Å². The van der Waals surface area contributed by atoms with E-state index < -0.39 is 20.2 Å². The van der Waals surface area contributed by atoms with Gasteiger partial charge in [0.25, 0.3) is 0 Å². The van der Waals surface area contributed by atoms with Crippen molar-refractivity contribution < 1.29 is 7.87 Å². The number of hydrogen-bond acceptors (Lipinski definition) is 2. The van der Waals surface area contributed by atoms with Crippen molar-refractivity contribution in [3.05, 3.63) is 0 Å². The first-order chi connectivity index (χ1) is 12.2. The van der Waals surface area contributed by atoms with Gasteiger partial charge in [-0.25, -0.2) is 0 Å². The van der Waals surface area contributed by atoms with Crippen LogP contribution in [0.4, 0.5) is 0 Å². The monoisotopic (exact) mass is 461 g/mol. The average Bonchev–Trinajstić information content (AvgIpc) is 2.62. The molecule has 0 saturated carbocycles. The Morgan fingerprint density at radius 1 is 0.640 bits per heavy atom. The molecule has 0 heterocycles. The summed E-state index contributed by atoms with van der Waals surface area (Å²) >= 11 is -1.77. The molecule has 0 N–H and O–H groups in total. The van der Waals surface area contributed by atoms with Gasteiger partial charge in [0.1, 0.15) is 0 Å². The van der Waals surface area contributed by atoms with Gasteiger partial charge in [0.05, 0.1) is 0 Å². The van der Waals surface area contributed by atoms with Gasteiger partial charge in [-0.1, -0.05) is 0 Å². The summed E-state index contributed by atoms with van der Waals surface area (Å²) in [6.45, 7) is 7.12. The molecule has 0 spiro atoms. The predicted octanol–water partition coefficient (Wildman–Crippen LogP) is 7.47. The summed E-state index contributed by atoms with van der Waals surface area (Å²) in [5.41, 5.74) is 0. The molecule has 0 atom stereocenters. The number of hydrogen-bond donors (Lipinski definition) is 0. The zero-order valence-corrected chi connectivity index (χ0v) is 20.4. The van der Waals surface area contributed by atoms with Gasteiger partial charge in [-0.2, -0.15) is 0 Å². The second kappa shape index (κ2) is 20.7. The second-order valence-corrected chi connectivity index (χ2v) is 14.3. The molecule has 0 saturated heterocycles. The molecule has 3 heteroatoms. The van der Waals surface area contributed by atoms with Gasteiger partial charge in [-0.05, 0) is 0 Å². The fraction of sp³-hybridized carbons (Fsp3) is 0.955. The number of ketones is 1. The van der Waals surface area contributed by atoms with E-state index in [1.807, 2.05) is 0 Å². The van der Waals surface area contributed by atoms with E-state index in [9.17, 15) is 4.79 Å². The van der Waals surface area contributed by atoms with Crippen LogP contribution in [-0.2, 0) is 7.87 Å². The molecule has 0 fully saturated rings. The van der Waals surface area contributed by atoms with Crippen LogP contribution in [-0.4, -0.2) is 32.6 Å². The molecule has 0 aromatic carbocycles. The Morgan fingerprint density at radius 3 is 1.56 bits per heavy atom. The molecule has 0 aliphatic carbocycles. The maximum atomic E-state index is 11.9. The van der Waals surface area contributed by atoms with Gasteiger partial charge in [0, 0.05) is 0 Å². The van der Waals surface area contributed by atoms with Crippen LogP contribution < -0.4 is 0 Å². The van der Waals surface area contributed by atoms with Crippen LogP contribution in [0, 0.1) is 0 Å². The second-order valence-electron chi connectivity index (χ2n) is 7.51. The molecule has 0 rings (SSSR count). The molecule has 0 aliphatic heterocycles. The van der Waals surface area contributed by atoms with Crippen LogP contribution in [0.5, 0.6) is 0 Å². The van der Waals surface area contributed by atoms with Gasteiger partial charge in [-0.15, -0.1) is 0 Å². The number of rotatable bonds is 20. The first-order valence-electron chi connectivity index (χ1n) is 11.2. The minimum atomic E-state index is -1.77. The molecule has 0 aromatic rings. The normalized spacial score (nSPS) is 11.4. The topological polar surface area (TPSA) is 26.3 Å². The Kier molecular flexibility index (Phi) is 21.1. The molecule has 0 aromatic heterocycles. The van der Waals surface area contributed by atoms with Gasteiger partial charge in [0.15, 0.2) is 0 Å². The molecule has 0 bridgehead atoms. The number of unbranched alkanes of at least 4 members (excludes halogenated alkanes) is 11. The zero-order chi connectivity index (χ0) is 18.6. The fourth-order valence-electron chi connectivity index (χ4n) is 3.10. The Morgan fingerprint density at radius 2 is 1.08 bits per heavy atom. The van der Waals surface area contributed by atoms with E-state index in [4.69, 9.17) is 3.07 Å². The van der Waals surface area contributed by atoms with Crippen molar-refractivity contribution in [1.82, 2.24) is 0 Å². The first-order valence-corrected chi connectivity index (χ1v) is 16.4. The summed E-state index contributed by atoms with van der Waals surface area (Å²) in [5.74, 6) is 0.339. The molecular formula is C22H45O2Sn. The van der Waals surface area contributed by atoms with Crippen molar-refractivity contribution in [2.45, 2.75) is 126 Å². The maximum absolute atomic E-state index is 11.9. The standard InChI is InChI=1S/2C8H17.C6H11O2.Sn/c2*1-3-5-7-8-6-4-2;1-2-3-4-6(8)5-7;/h2*1,3-8H2,2H3;2-5H2,1H3;/q;;-1;+1. The molecule has 0 unspecified atom stereocenters. The quantitative estimate of drug-likeness (QED) is 0.139. The van der Waals surface area contributed by atoms with Crippen molar-refractivity contribution in [1.29, 1.82) is 0 Å². The Labute approximate surface area is 166 Å². The summed E-state index contributed by atoms with van der Waals surface area (Å²) < 4.78 is 8.88. The zero-order valence-electron chi connectivity index (χ0n) is 17.5. The number of Topliss-reactive ketones (excluding diaryl/α,β-unsaturated/α-hetero) is 1. The molecule has 149 valence electrons. The van der Waals surface area contributed by atoms with Crippen LogP contribution in [0.25, 0.3) is 0 Å². The predicted molar refractivity (Wildman–Crippen MR) is 113 cm³/mol. The van der Waals surface area contributed by atoms with Crippen LogP contribution in [0.3, 0.4) is 0 Å². The van der Waals surface area contributed by atoms with Crippen molar-refractivity contribution >= 4 is 26.0 Å². The number of carbonyl (C=O) groups is 1. The van der Waals surface area contributed by atoms with Crippen molar-refractivity contribution in [2.24, 2.45) is 0 Å². The van der Waals surface area contributed by atoms with E-state index in [1.54, 1.807) is 0 Å². The molecule has 2 nitrogen and oxygen atoms in total. The fourth-order valence-corrected chi connectivity index (χ4v) is 9.36. The van der Waals surface area contributed by atoms with Crippen LogP contribution >= 0.6 is 0 Å². The first kappa shape index (κ1) is 25.4. The number of carbonyl (C=O) groups excluding carboxylic acids is 1. The third-order valence-electron chi connectivity index (χ3n) is 4.86. The van der Waals surface area contributed by atoms with E-state index in [0.717, 1.165) is 19.3 Å².